The first-order valence-corrected chi connectivity index (χ1v) is 8.87. The second kappa shape index (κ2) is 6.22. The van der Waals surface area contributed by atoms with Crippen molar-refractivity contribution in [2.24, 2.45) is 0 Å². The number of hydrogen-bond donors (Lipinski definition) is 0. The summed E-state index contributed by atoms with van der Waals surface area (Å²) in [6.45, 7) is 1.31. The molecule has 2 heterocycles. The second-order valence-electron chi connectivity index (χ2n) is 7.47. The molecule has 1 saturated heterocycles. The zero-order chi connectivity index (χ0) is 18.3. The lowest BCUT2D eigenvalue weighted by Crippen LogP contribution is -2.40. The molecule has 0 unspecified atom stereocenters. The molecule has 0 bridgehead atoms. The van der Waals surface area contributed by atoms with Crippen molar-refractivity contribution >= 4 is 5.91 Å². The summed E-state index contributed by atoms with van der Waals surface area (Å²) < 4.78 is 1.85. The van der Waals surface area contributed by atoms with Crippen LogP contribution in [0.25, 0.3) is 0 Å². The predicted molar refractivity (Wildman–Crippen MR) is 95.2 cm³/mol. The largest absolute Gasteiger partial charge is 0.338 e. The molecular formula is C19H22N6O. The van der Waals surface area contributed by atoms with Crippen molar-refractivity contribution in [1.82, 2.24) is 24.8 Å². The molecule has 2 aromatic rings. The van der Waals surface area contributed by atoms with Crippen LogP contribution in [-0.4, -0.2) is 63.9 Å². The lowest BCUT2D eigenvalue weighted by molar-refractivity contribution is -0.133. The van der Waals surface area contributed by atoms with E-state index in [2.05, 4.69) is 21.3 Å². The number of hydrogen-bond acceptors (Lipinski definition) is 5. The molecule has 0 radical (unpaired) electrons. The number of amides is 1. The van der Waals surface area contributed by atoms with E-state index in [0.29, 0.717) is 18.7 Å². The molecule has 1 amide bonds. The lowest BCUT2D eigenvalue weighted by Gasteiger charge is -2.25. The Kier molecular flexibility index (Phi) is 4.00. The Morgan fingerprint density at radius 2 is 2.15 bits per heavy atom. The fraction of sp³-hybridized carbons (Fsp3) is 0.474. The molecule has 7 heteroatoms. The minimum atomic E-state index is -0.457. The van der Waals surface area contributed by atoms with E-state index in [0.717, 1.165) is 18.4 Å². The number of carbonyl (C=O) groups is 1. The van der Waals surface area contributed by atoms with Crippen molar-refractivity contribution in [3.8, 4) is 6.07 Å². The topological polar surface area (TPSA) is 78.0 Å². The highest BCUT2D eigenvalue weighted by atomic mass is 16.2. The number of nitrogens with zero attached hydrogens (tertiary/aromatic N) is 6. The SMILES string of the molecule is CN(C)[C@@H]1CN(C(=O)C2(c3cccc(C#N)c3)CC2)C[C@@H]1n1ccnn1. The van der Waals surface area contributed by atoms with Gasteiger partial charge in [0.05, 0.1) is 35.3 Å². The number of likely N-dealkylation sites (tertiary alicyclic amines) is 1. The van der Waals surface area contributed by atoms with Gasteiger partial charge in [-0.2, -0.15) is 5.26 Å². The van der Waals surface area contributed by atoms with Gasteiger partial charge in [-0.15, -0.1) is 5.10 Å². The third-order valence-corrected chi connectivity index (χ3v) is 5.69. The third-order valence-electron chi connectivity index (χ3n) is 5.69. The van der Waals surface area contributed by atoms with Crippen LogP contribution in [0.1, 0.15) is 30.0 Å². The summed E-state index contributed by atoms with van der Waals surface area (Å²) in [4.78, 5) is 17.5. The van der Waals surface area contributed by atoms with Crippen LogP contribution in [0.5, 0.6) is 0 Å². The van der Waals surface area contributed by atoms with Crippen molar-refractivity contribution < 1.29 is 4.79 Å². The minimum Gasteiger partial charge on any atom is -0.338 e. The molecule has 0 spiro atoms. The Morgan fingerprint density at radius 3 is 2.77 bits per heavy atom. The normalized spacial score (nSPS) is 23.8. The highest BCUT2D eigenvalue weighted by Gasteiger charge is 2.55. The van der Waals surface area contributed by atoms with Crippen LogP contribution < -0.4 is 0 Å². The van der Waals surface area contributed by atoms with Gasteiger partial charge in [0, 0.05) is 19.3 Å². The molecule has 2 atom stereocenters. The fourth-order valence-electron chi connectivity index (χ4n) is 4.04. The Balaban J connectivity index is 1.59. The van der Waals surface area contributed by atoms with Crippen molar-refractivity contribution in [1.29, 1.82) is 5.26 Å². The van der Waals surface area contributed by atoms with Gasteiger partial charge in [-0.05, 0) is 44.6 Å². The summed E-state index contributed by atoms with van der Waals surface area (Å²) >= 11 is 0. The van der Waals surface area contributed by atoms with Crippen LogP contribution in [0.3, 0.4) is 0 Å². The van der Waals surface area contributed by atoms with E-state index in [4.69, 9.17) is 5.26 Å². The average molecular weight is 350 g/mol. The van der Waals surface area contributed by atoms with Crippen LogP contribution in [0, 0.1) is 11.3 Å². The van der Waals surface area contributed by atoms with Crippen molar-refractivity contribution in [2.45, 2.75) is 30.3 Å². The van der Waals surface area contributed by atoms with E-state index in [9.17, 15) is 4.79 Å². The van der Waals surface area contributed by atoms with E-state index < -0.39 is 5.41 Å². The summed E-state index contributed by atoms with van der Waals surface area (Å²) in [5, 5.41) is 17.2. The zero-order valence-electron chi connectivity index (χ0n) is 15.0. The first-order chi connectivity index (χ1) is 12.5. The number of aromatic nitrogens is 3. The molecule has 0 N–H and O–H groups in total. The highest BCUT2D eigenvalue weighted by molar-refractivity contribution is 5.91. The summed E-state index contributed by atoms with van der Waals surface area (Å²) in [6, 6.07) is 9.94. The molecule has 2 fully saturated rings. The first-order valence-electron chi connectivity index (χ1n) is 8.87. The second-order valence-corrected chi connectivity index (χ2v) is 7.47. The molecule has 1 aromatic heterocycles. The van der Waals surface area contributed by atoms with E-state index in [1.165, 1.54) is 0 Å². The van der Waals surface area contributed by atoms with Crippen LogP contribution >= 0.6 is 0 Å². The molecule has 134 valence electrons. The molecule has 26 heavy (non-hydrogen) atoms. The quantitative estimate of drug-likeness (QED) is 0.828. The number of benzene rings is 1. The summed E-state index contributed by atoms with van der Waals surface area (Å²) in [5.41, 5.74) is 1.11. The maximum absolute atomic E-state index is 13.4. The summed E-state index contributed by atoms with van der Waals surface area (Å²) in [5.74, 6) is 0.169. The lowest BCUT2D eigenvalue weighted by atomic mass is 9.93. The van der Waals surface area contributed by atoms with Gasteiger partial charge in [-0.3, -0.25) is 4.79 Å². The Morgan fingerprint density at radius 1 is 1.35 bits per heavy atom. The van der Waals surface area contributed by atoms with Gasteiger partial charge < -0.3 is 9.80 Å². The van der Waals surface area contributed by atoms with E-state index >= 15 is 0 Å². The minimum absolute atomic E-state index is 0.0951. The highest BCUT2D eigenvalue weighted by Crippen LogP contribution is 2.50. The Bertz CT molecular complexity index is 849. The van der Waals surface area contributed by atoms with Gasteiger partial charge >= 0.3 is 0 Å². The maximum atomic E-state index is 13.4. The molecular weight excluding hydrogens is 328 g/mol. The average Bonchev–Trinajstić information content (AvgIpc) is 3.08. The number of nitriles is 1. The zero-order valence-corrected chi connectivity index (χ0v) is 15.0. The molecule has 2 aliphatic rings. The molecule has 7 nitrogen and oxygen atoms in total. The van der Waals surface area contributed by atoms with Crippen molar-refractivity contribution in [3.05, 3.63) is 47.8 Å². The smallest absolute Gasteiger partial charge is 0.233 e. The molecule has 1 aliphatic heterocycles. The maximum Gasteiger partial charge on any atom is 0.233 e. The van der Waals surface area contributed by atoms with E-state index in [1.807, 2.05) is 48.1 Å². The van der Waals surface area contributed by atoms with Gasteiger partial charge in [-0.1, -0.05) is 17.3 Å². The van der Waals surface area contributed by atoms with Gasteiger partial charge in [0.2, 0.25) is 5.91 Å². The molecule has 1 aromatic carbocycles. The van der Waals surface area contributed by atoms with Crippen molar-refractivity contribution in [2.75, 3.05) is 27.2 Å². The number of rotatable bonds is 4. The standard InChI is InChI=1S/C19H22N6O/c1-23(2)16-12-24(13-17(16)25-9-8-21-22-25)18(26)19(6-7-19)15-5-3-4-14(10-15)11-20/h3-5,8-10,16-17H,6-7,12-13H2,1-2H3/t16-,17+/m1/s1. The van der Waals surface area contributed by atoms with E-state index in [1.54, 1.807) is 12.3 Å². The monoisotopic (exact) mass is 350 g/mol. The van der Waals surface area contributed by atoms with Crippen LogP contribution in [0.4, 0.5) is 0 Å². The molecule has 4 rings (SSSR count). The van der Waals surface area contributed by atoms with Gasteiger partial charge in [0.1, 0.15) is 0 Å². The molecule has 1 aliphatic carbocycles. The van der Waals surface area contributed by atoms with Gasteiger partial charge in [0.15, 0.2) is 0 Å². The van der Waals surface area contributed by atoms with Gasteiger partial charge in [-0.25, -0.2) is 4.68 Å². The fourth-order valence-corrected chi connectivity index (χ4v) is 4.04. The van der Waals surface area contributed by atoms with Crippen LogP contribution in [-0.2, 0) is 10.2 Å². The first kappa shape index (κ1) is 16.7. The van der Waals surface area contributed by atoms with Gasteiger partial charge in [0.25, 0.3) is 0 Å². The molecule has 1 saturated carbocycles. The van der Waals surface area contributed by atoms with Crippen molar-refractivity contribution in [3.63, 3.8) is 0 Å². The summed E-state index contributed by atoms with van der Waals surface area (Å²) in [6.07, 6.45) is 5.22. The number of likely N-dealkylation sites (N-methyl/N-ethyl adjacent to an activating group) is 1. The Hall–Kier alpha value is -2.72. The van der Waals surface area contributed by atoms with Crippen LogP contribution in [0.15, 0.2) is 36.7 Å². The van der Waals surface area contributed by atoms with E-state index in [-0.39, 0.29) is 18.0 Å². The predicted octanol–water partition coefficient (Wildman–Crippen LogP) is 1.20. The summed E-state index contributed by atoms with van der Waals surface area (Å²) in [7, 11) is 4.07. The number of carbonyl (C=O) groups excluding carboxylic acids is 1. The third kappa shape index (κ3) is 2.67. The Labute approximate surface area is 152 Å². The van der Waals surface area contributed by atoms with Crippen LogP contribution in [0.2, 0.25) is 0 Å².